The molecule has 0 bridgehead atoms. The molecule has 0 saturated carbocycles. The second kappa shape index (κ2) is 69.2. The molecule has 0 aromatic rings. The van der Waals surface area contributed by atoms with Gasteiger partial charge in [-0.3, -0.25) is 18.6 Å². The Morgan fingerprint density at radius 2 is 0.598 bits per heavy atom. The minimum Gasteiger partial charge on any atom is -0.462 e. The molecule has 10 heteroatoms. The summed E-state index contributed by atoms with van der Waals surface area (Å²) in [6, 6.07) is 0. The highest BCUT2D eigenvalue weighted by Gasteiger charge is 2.26. The van der Waals surface area contributed by atoms with Gasteiger partial charge in [0.15, 0.2) is 6.10 Å². The smallest absolute Gasteiger partial charge is 0.462 e. The van der Waals surface area contributed by atoms with E-state index < -0.39 is 32.5 Å². The summed E-state index contributed by atoms with van der Waals surface area (Å²) >= 11 is 0. The van der Waals surface area contributed by atoms with E-state index in [1.165, 1.54) is 0 Å². The Kier molecular flexibility index (Phi) is 64.5. The number of phosphoric ester groups is 1. The first kappa shape index (κ1) is 81.1. The van der Waals surface area contributed by atoms with Crippen molar-refractivity contribution in [3.63, 3.8) is 0 Å². The molecule has 0 saturated heterocycles. The number of allylic oxidation sites excluding steroid dienone is 38. The van der Waals surface area contributed by atoms with E-state index in [-0.39, 0.29) is 32.6 Å². The lowest BCUT2D eigenvalue weighted by molar-refractivity contribution is -0.161. The van der Waals surface area contributed by atoms with Crippen LogP contribution < -0.4 is 5.73 Å². The van der Waals surface area contributed by atoms with E-state index in [2.05, 4.69) is 245 Å². The SMILES string of the molecule is CC/C=C\C/C=C\C/C=C\C/C=C\C/C=C\C/C=C\C/C=C\C/C=C\C/C=C\C/C=C\C/C=C\C/C=C\CCCCC(=O)OC(COC(=O)CCCCCCC/C=C\C/C=C\C/C=C\C/C=C\C/C=C\C/C=C\C/C=C\CC)COP(=O)(O)OCCN. The summed E-state index contributed by atoms with van der Waals surface area (Å²) < 4.78 is 33.0. The summed E-state index contributed by atoms with van der Waals surface area (Å²) in [5, 5.41) is 0. The molecular formula is C77H116NO8P. The van der Waals surface area contributed by atoms with E-state index in [1.54, 1.807) is 0 Å². The number of esters is 2. The number of carbonyl (C=O) groups excluding carboxylic acids is 2. The Bertz CT molecular complexity index is 2270. The first-order valence-electron chi connectivity index (χ1n) is 32.9. The maximum absolute atomic E-state index is 12.7. The second-order valence-corrected chi connectivity index (χ2v) is 22.0. The van der Waals surface area contributed by atoms with Crippen LogP contribution in [0.25, 0.3) is 0 Å². The van der Waals surface area contributed by atoms with E-state index >= 15 is 0 Å². The van der Waals surface area contributed by atoms with Crippen molar-refractivity contribution >= 4 is 19.8 Å². The van der Waals surface area contributed by atoms with Gasteiger partial charge in [-0.2, -0.15) is 0 Å². The molecule has 87 heavy (non-hydrogen) atoms. The van der Waals surface area contributed by atoms with Crippen molar-refractivity contribution < 1.29 is 37.6 Å². The second-order valence-electron chi connectivity index (χ2n) is 20.5. The third kappa shape index (κ3) is 69.0. The maximum atomic E-state index is 12.7. The van der Waals surface area contributed by atoms with Crippen molar-refractivity contribution in [1.29, 1.82) is 0 Å². The highest BCUT2D eigenvalue weighted by molar-refractivity contribution is 7.47. The Morgan fingerprint density at radius 1 is 0.345 bits per heavy atom. The number of hydrogen-bond acceptors (Lipinski definition) is 8. The van der Waals surface area contributed by atoms with Crippen molar-refractivity contribution in [2.45, 2.75) is 213 Å². The lowest BCUT2D eigenvalue weighted by Crippen LogP contribution is -2.29. The summed E-state index contributed by atoms with van der Waals surface area (Å²) in [6.45, 7) is 3.40. The van der Waals surface area contributed by atoms with Crippen LogP contribution in [0.3, 0.4) is 0 Å². The van der Waals surface area contributed by atoms with Gasteiger partial charge in [0.05, 0.1) is 13.2 Å². The van der Waals surface area contributed by atoms with E-state index in [9.17, 15) is 19.0 Å². The number of phosphoric acid groups is 1. The predicted octanol–water partition coefficient (Wildman–Crippen LogP) is 21.8. The molecule has 482 valence electrons. The van der Waals surface area contributed by atoms with Crippen LogP contribution in [0.15, 0.2) is 231 Å². The minimum atomic E-state index is -4.43. The molecule has 0 amide bonds. The number of hydrogen-bond donors (Lipinski definition) is 2. The molecule has 2 unspecified atom stereocenters. The highest BCUT2D eigenvalue weighted by Crippen LogP contribution is 2.43. The Morgan fingerprint density at radius 3 is 0.908 bits per heavy atom. The van der Waals surface area contributed by atoms with Crippen LogP contribution in [0.2, 0.25) is 0 Å². The minimum absolute atomic E-state index is 0.0294. The number of rotatable bonds is 58. The van der Waals surface area contributed by atoms with Gasteiger partial charge in [0.2, 0.25) is 0 Å². The van der Waals surface area contributed by atoms with E-state index in [4.69, 9.17) is 24.3 Å². The molecule has 3 N–H and O–H groups in total. The van der Waals surface area contributed by atoms with Gasteiger partial charge in [0, 0.05) is 19.4 Å². The van der Waals surface area contributed by atoms with Gasteiger partial charge in [-0.1, -0.05) is 264 Å². The largest absolute Gasteiger partial charge is 0.472 e. The molecule has 0 aliphatic heterocycles. The monoisotopic (exact) mass is 1210 g/mol. The molecule has 0 aromatic heterocycles. The van der Waals surface area contributed by atoms with Crippen molar-refractivity contribution in [3.8, 4) is 0 Å². The first-order valence-corrected chi connectivity index (χ1v) is 34.4. The van der Waals surface area contributed by atoms with E-state index in [1.807, 2.05) is 0 Å². The van der Waals surface area contributed by atoms with Crippen LogP contribution in [-0.2, 0) is 32.7 Å². The summed E-state index contributed by atoms with van der Waals surface area (Å²) in [7, 11) is -4.43. The van der Waals surface area contributed by atoms with Crippen LogP contribution in [0.5, 0.6) is 0 Å². The predicted molar refractivity (Wildman–Crippen MR) is 375 cm³/mol. The van der Waals surface area contributed by atoms with E-state index in [0.717, 1.165) is 167 Å². The molecule has 0 radical (unpaired) electrons. The average molecular weight is 1210 g/mol. The molecule has 0 aliphatic rings. The fourth-order valence-electron chi connectivity index (χ4n) is 7.77. The zero-order valence-corrected chi connectivity index (χ0v) is 54.8. The average Bonchev–Trinajstić information content (AvgIpc) is 3.64. The number of ether oxygens (including phenoxy) is 2. The summed E-state index contributed by atoms with van der Waals surface area (Å²) in [5.74, 6) is -0.924. The summed E-state index contributed by atoms with van der Waals surface area (Å²) in [6.07, 6.45) is 110. The molecule has 0 heterocycles. The molecule has 0 rings (SSSR count). The topological polar surface area (TPSA) is 134 Å². The van der Waals surface area contributed by atoms with Crippen LogP contribution in [-0.4, -0.2) is 49.3 Å². The molecule has 0 aromatic carbocycles. The van der Waals surface area contributed by atoms with Crippen LogP contribution >= 0.6 is 7.82 Å². The third-order valence-corrected chi connectivity index (χ3v) is 13.5. The van der Waals surface area contributed by atoms with Crippen molar-refractivity contribution in [2.24, 2.45) is 5.73 Å². The maximum Gasteiger partial charge on any atom is 0.472 e. The normalized spacial score (nSPS) is 14.5. The Balaban J connectivity index is 4.16. The lowest BCUT2D eigenvalue weighted by Gasteiger charge is -2.19. The fourth-order valence-corrected chi connectivity index (χ4v) is 8.54. The van der Waals surface area contributed by atoms with Gasteiger partial charge in [-0.05, 0) is 161 Å². The first-order chi connectivity index (χ1) is 42.8. The molecular weight excluding hydrogens is 1100 g/mol. The van der Waals surface area contributed by atoms with Gasteiger partial charge in [-0.15, -0.1) is 0 Å². The van der Waals surface area contributed by atoms with Gasteiger partial charge >= 0.3 is 19.8 Å². The standard InChI is InChI=1S/C77H116NO8P/c1-3-5-7-9-11-13-15-17-19-21-23-25-27-29-31-32-33-34-35-36-37-38-39-40-41-42-44-46-48-50-52-54-56-58-60-62-64-66-68-70-77(80)86-75(74-85-87(81,82)84-72-71-78)73-83-76(79)69-67-65-63-61-59-57-55-53-51-49-47-45-43-30-28-26-24-22-20-18-16-14-12-10-8-6-4-2/h5-8,11-14,17-20,23-26,29-31,33-34,36-37,39-40,42-44,47-50,53-56,60,62,75H,3-4,9-10,15-16,21-22,27-28,32,35,38,41,45-46,51-52,57-59,61,63-74,78H2,1-2H3,(H,81,82)/b7-5-,8-6-,13-11-,14-12-,19-17-,20-18-,25-23-,26-24-,31-29-,34-33-,37-36-,40-39-,43-30-,44-42-,49-47-,50-48-,55-53-,56-54-,62-60-. The highest BCUT2D eigenvalue weighted by atomic mass is 31.2. The Hall–Kier alpha value is -5.93. The zero-order valence-electron chi connectivity index (χ0n) is 53.9. The molecule has 0 aliphatic carbocycles. The van der Waals surface area contributed by atoms with Crippen molar-refractivity contribution in [2.75, 3.05) is 26.4 Å². The number of nitrogens with two attached hydrogens (primary N) is 1. The summed E-state index contributed by atoms with van der Waals surface area (Å²) in [5.41, 5.74) is 5.39. The number of unbranched alkanes of at least 4 members (excludes halogenated alkanes) is 7. The van der Waals surface area contributed by atoms with Crippen LogP contribution in [0, 0.1) is 0 Å². The van der Waals surface area contributed by atoms with Crippen molar-refractivity contribution in [1.82, 2.24) is 0 Å². The molecule has 9 nitrogen and oxygen atoms in total. The van der Waals surface area contributed by atoms with Gasteiger partial charge < -0.3 is 20.1 Å². The zero-order chi connectivity index (χ0) is 63.0. The molecule has 2 atom stereocenters. The summed E-state index contributed by atoms with van der Waals surface area (Å²) in [4.78, 5) is 35.3. The van der Waals surface area contributed by atoms with E-state index in [0.29, 0.717) is 12.8 Å². The molecule has 0 spiro atoms. The molecule has 0 fully saturated rings. The van der Waals surface area contributed by atoms with Crippen molar-refractivity contribution in [3.05, 3.63) is 231 Å². The fraction of sp³-hybridized carbons (Fsp3) is 0.481. The van der Waals surface area contributed by atoms with Crippen LogP contribution in [0.1, 0.15) is 206 Å². The lowest BCUT2D eigenvalue weighted by atomic mass is 10.1. The number of carbonyl (C=O) groups is 2. The van der Waals surface area contributed by atoms with Crippen LogP contribution in [0.4, 0.5) is 0 Å². The Labute approximate surface area is 530 Å². The van der Waals surface area contributed by atoms with Gasteiger partial charge in [0.25, 0.3) is 0 Å². The van der Waals surface area contributed by atoms with Gasteiger partial charge in [-0.25, -0.2) is 4.57 Å². The third-order valence-electron chi connectivity index (χ3n) is 12.5. The van der Waals surface area contributed by atoms with Gasteiger partial charge in [0.1, 0.15) is 6.61 Å². The quantitative estimate of drug-likeness (QED) is 0.0264.